The van der Waals surface area contributed by atoms with Gasteiger partial charge in [0.2, 0.25) is 0 Å². The van der Waals surface area contributed by atoms with Gasteiger partial charge in [0, 0.05) is 25.7 Å². The fraction of sp³-hybridized carbons (Fsp3) is 0.190. The van der Waals surface area contributed by atoms with Gasteiger partial charge in [-0.1, -0.05) is 18.2 Å². The van der Waals surface area contributed by atoms with Crippen LogP contribution in [0, 0.1) is 0 Å². The minimum Gasteiger partial charge on any atom is -0.496 e. The number of para-hydroxylation sites is 1. The molecule has 2 aromatic carbocycles. The van der Waals surface area contributed by atoms with Gasteiger partial charge in [0.15, 0.2) is 0 Å². The van der Waals surface area contributed by atoms with Gasteiger partial charge >= 0.3 is 6.09 Å². The Balaban J connectivity index is 1.43. The van der Waals surface area contributed by atoms with Crippen molar-refractivity contribution in [2.45, 2.75) is 6.61 Å². The quantitative estimate of drug-likeness (QED) is 0.560. The van der Waals surface area contributed by atoms with Crippen LogP contribution in [0.25, 0.3) is 22.3 Å². The average Bonchev–Trinajstić information content (AvgIpc) is 3.28. The lowest BCUT2D eigenvalue weighted by Gasteiger charge is -2.07. The van der Waals surface area contributed by atoms with Crippen LogP contribution in [-0.2, 0) is 25.4 Å². The maximum atomic E-state index is 12.3. The molecule has 0 saturated heterocycles. The standard InChI is InChI=1S/C21H21N5O3/c1-25-13-22-17-10-14(8-9-18(17)25)12-29-21(27)23-20-11-16(24-26(20)2)15-6-4-5-7-19(15)28-3/h4-11,13H,12H2,1-3H3,(H,23,27). The van der Waals surface area contributed by atoms with Gasteiger partial charge in [-0.2, -0.15) is 5.10 Å². The number of methoxy groups -OCH3 is 1. The Morgan fingerprint density at radius 1 is 1.14 bits per heavy atom. The van der Waals surface area contributed by atoms with Crippen LogP contribution < -0.4 is 10.1 Å². The Bertz CT molecular complexity index is 1180. The topological polar surface area (TPSA) is 83.2 Å². The first-order valence-electron chi connectivity index (χ1n) is 9.06. The second kappa shape index (κ2) is 7.67. The predicted molar refractivity (Wildman–Crippen MR) is 110 cm³/mol. The van der Waals surface area contributed by atoms with E-state index >= 15 is 0 Å². The molecule has 1 amide bonds. The number of hydrogen-bond donors (Lipinski definition) is 1. The normalized spacial score (nSPS) is 10.9. The van der Waals surface area contributed by atoms with Gasteiger partial charge in [-0.05, 0) is 29.8 Å². The number of amides is 1. The molecule has 2 heterocycles. The van der Waals surface area contributed by atoms with Crippen LogP contribution in [0.3, 0.4) is 0 Å². The molecule has 2 aromatic heterocycles. The van der Waals surface area contributed by atoms with Crippen molar-refractivity contribution >= 4 is 22.9 Å². The van der Waals surface area contributed by atoms with Gasteiger partial charge in [-0.25, -0.2) is 9.78 Å². The highest BCUT2D eigenvalue weighted by Gasteiger charge is 2.14. The Labute approximate surface area is 167 Å². The minimum absolute atomic E-state index is 0.148. The third-order valence-electron chi connectivity index (χ3n) is 4.65. The highest BCUT2D eigenvalue weighted by Crippen LogP contribution is 2.30. The fourth-order valence-electron chi connectivity index (χ4n) is 3.13. The Morgan fingerprint density at radius 3 is 2.79 bits per heavy atom. The summed E-state index contributed by atoms with van der Waals surface area (Å²) in [6, 6.07) is 15.1. The van der Waals surface area contributed by atoms with Gasteiger partial charge in [-0.3, -0.25) is 10.00 Å². The number of hydrogen-bond acceptors (Lipinski definition) is 5. The average molecular weight is 391 g/mol. The van der Waals surface area contributed by atoms with Crippen LogP contribution in [0.15, 0.2) is 54.9 Å². The molecule has 0 aliphatic rings. The van der Waals surface area contributed by atoms with E-state index in [9.17, 15) is 4.79 Å². The number of imidazole rings is 1. The van der Waals surface area contributed by atoms with Crippen molar-refractivity contribution in [1.29, 1.82) is 0 Å². The largest absolute Gasteiger partial charge is 0.496 e. The first-order valence-corrected chi connectivity index (χ1v) is 9.06. The number of nitrogens with zero attached hydrogens (tertiary/aromatic N) is 4. The first kappa shape index (κ1) is 18.5. The molecular formula is C21H21N5O3. The van der Waals surface area contributed by atoms with Gasteiger partial charge in [0.25, 0.3) is 0 Å². The van der Waals surface area contributed by atoms with Crippen molar-refractivity contribution in [2.24, 2.45) is 14.1 Å². The lowest BCUT2D eigenvalue weighted by Crippen LogP contribution is -2.15. The Kier molecular flexibility index (Phi) is 4.90. The summed E-state index contributed by atoms with van der Waals surface area (Å²) < 4.78 is 14.3. The number of anilines is 1. The minimum atomic E-state index is -0.555. The van der Waals surface area contributed by atoms with E-state index in [-0.39, 0.29) is 6.61 Å². The summed E-state index contributed by atoms with van der Waals surface area (Å²) in [6.07, 6.45) is 1.20. The first-order chi connectivity index (χ1) is 14.0. The van der Waals surface area contributed by atoms with E-state index in [4.69, 9.17) is 9.47 Å². The van der Waals surface area contributed by atoms with E-state index in [0.717, 1.165) is 22.2 Å². The highest BCUT2D eigenvalue weighted by molar-refractivity contribution is 5.85. The lowest BCUT2D eigenvalue weighted by atomic mass is 10.1. The molecule has 0 spiro atoms. The number of aromatic nitrogens is 4. The van der Waals surface area contributed by atoms with Crippen LogP contribution in [0.5, 0.6) is 5.75 Å². The molecule has 8 nitrogen and oxygen atoms in total. The fourth-order valence-corrected chi connectivity index (χ4v) is 3.13. The maximum absolute atomic E-state index is 12.3. The molecule has 0 aliphatic carbocycles. The van der Waals surface area contributed by atoms with E-state index in [1.54, 1.807) is 31.2 Å². The monoisotopic (exact) mass is 391 g/mol. The summed E-state index contributed by atoms with van der Waals surface area (Å²) in [6.45, 7) is 0.148. The molecule has 0 bridgehead atoms. The lowest BCUT2D eigenvalue weighted by molar-refractivity contribution is 0.155. The second-order valence-corrected chi connectivity index (χ2v) is 6.62. The van der Waals surface area contributed by atoms with Gasteiger partial charge in [-0.15, -0.1) is 0 Å². The van der Waals surface area contributed by atoms with Crippen LogP contribution in [0.1, 0.15) is 5.56 Å². The third kappa shape index (κ3) is 3.77. The molecule has 8 heteroatoms. The van der Waals surface area contributed by atoms with Crippen molar-refractivity contribution in [3.05, 3.63) is 60.4 Å². The number of benzene rings is 2. The molecule has 0 aliphatic heterocycles. The number of carbonyl (C=O) groups is 1. The predicted octanol–water partition coefficient (Wildman–Crippen LogP) is 3.73. The van der Waals surface area contributed by atoms with Gasteiger partial charge in [0.05, 0.1) is 30.2 Å². The zero-order valence-electron chi connectivity index (χ0n) is 16.4. The van der Waals surface area contributed by atoms with Crippen molar-refractivity contribution in [2.75, 3.05) is 12.4 Å². The number of ether oxygens (including phenoxy) is 2. The molecule has 0 saturated carbocycles. The maximum Gasteiger partial charge on any atom is 0.413 e. The van der Waals surface area contributed by atoms with E-state index in [0.29, 0.717) is 17.3 Å². The van der Waals surface area contributed by atoms with Crippen molar-refractivity contribution < 1.29 is 14.3 Å². The number of fused-ring (bicyclic) bond motifs is 1. The highest BCUT2D eigenvalue weighted by atomic mass is 16.5. The van der Waals surface area contributed by atoms with Crippen molar-refractivity contribution in [1.82, 2.24) is 19.3 Å². The summed E-state index contributed by atoms with van der Waals surface area (Å²) in [7, 11) is 5.30. The van der Waals surface area contributed by atoms with Crippen molar-refractivity contribution in [3.63, 3.8) is 0 Å². The molecule has 4 rings (SSSR count). The van der Waals surface area contributed by atoms with E-state index < -0.39 is 6.09 Å². The van der Waals surface area contributed by atoms with Crippen molar-refractivity contribution in [3.8, 4) is 17.0 Å². The summed E-state index contributed by atoms with van der Waals surface area (Å²) >= 11 is 0. The van der Waals surface area contributed by atoms with Crippen LogP contribution in [0.2, 0.25) is 0 Å². The molecule has 29 heavy (non-hydrogen) atoms. The Hall–Kier alpha value is -3.81. The van der Waals surface area contributed by atoms with E-state index in [1.807, 2.05) is 54.1 Å². The number of nitrogens with one attached hydrogen (secondary N) is 1. The van der Waals surface area contributed by atoms with Gasteiger partial charge in [0.1, 0.15) is 18.2 Å². The second-order valence-electron chi connectivity index (χ2n) is 6.62. The smallest absolute Gasteiger partial charge is 0.413 e. The molecule has 1 N–H and O–H groups in total. The Morgan fingerprint density at radius 2 is 1.97 bits per heavy atom. The molecule has 0 atom stereocenters. The molecule has 0 radical (unpaired) electrons. The zero-order chi connectivity index (χ0) is 20.4. The third-order valence-corrected chi connectivity index (χ3v) is 4.65. The van der Waals surface area contributed by atoms with Gasteiger partial charge < -0.3 is 14.0 Å². The molecule has 0 unspecified atom stereocenters. The van der Waals surface area contributed by atoms with Crippen LogP contribution in [-0.4, -0.2) is 32.5 Å². The SMILES string of the molecule is COc1ccccc1-c1cc(NC(=O)OCc2ccc3c(c2)ncn3C)n(C)n1. The molecule has 4 aromatic rings. The number of carbonyl (C=O) groups excluding carboxylic acids is 1. The number of aryl methyl sites for hydroxylation is 2. The summed E-state index contributed by atoms with van der Waals surface area (Å²) in [5, 5.41) is 7.18. The molecule has 0 fully saturated rings. The zero-order valence-corrected chi connectivity index (χ0v) is 16.4. The number of rotatable bonds is 5. The summed E-state index contributed by atoms with van der Waals surface area (Å²) in [5.41, 5.74) is 4.29. The van der Waals surface area contributed by atoms with E-state index in [1.165, 1.54) is 0 Å². The van der Waals surface area contributed by atoms with Crippen LogP contribution in [0.4, 0.5) is 10.6 Å². The molecular weight excluding hydrogens is 370 g/mol. The van der Waals surface area contributed by atoms with Crippen LogP contribution >= 0.6 is 0 Å². The summed E-state index contributed by atoms with van der Waals surface area (Å²) in [5.74, 6) is 1.24. The summed E-state index contributed by atoms with van der Waals surface area (Å²) in [4.78, 5) is 16.6. The van der Waals surface area contributed by atoms with E-state index in [2.05, 4.69) is 15.4 Å². The molecule has 148 valence electrons.